The maximum absolute atomic E-state index is 12.3. The molecule has 0 bridgehead atoms. The summed E-state index contributed by atoms with van der Waals surface area (Å²) in [6.45, 7) is 1.74. The zero-order valence-electron chi connectivity index (χ0n) is 14.4. The highest BCUT2D eigenvalue weighted by molar-refractivity contribution is 6.31. The van der Waals surface area contributed by atoms with Crippen LogP contribution < -0.4 is 15.4 Å². The molecule has 0 saturated carbocycles. The first kappa shape index (κ1) is 19.8. The zero-order chi connectivity index (χ0) is 20.0. The fourth-order valence-corrected chi connectivity index (χ4v) is 2.32. The molecule has 2 N–H and O–H groups in total. The van der Waals surface area contributed by atoms with Crippen molar-refractivity contribution >= 4 is 34.6 Å². The Kier molecular flexibility index (Phi) is 6.36. The number of rotatable bonds is 6. The second-order valence-corrected chi connectivity index (χ2v) is 5.73. The molecule has 1 amide bonds. The number of nitro benzene ring substituents is 1. The lowest BCUT2D eigenvalue weighted by molar-refractivity contribution is -0.384. The number of amides is 1. The fourth-order valence-electron chi connectivity index (χ4n) is 2.14. The third-order valence-electron chi connectivity index (χ3n) is 3.65. The molecule has 138 valence electrons. The van der Waals surface area contributed by atoms with E-state index in [1.807, 2.05) is 0 Å². The number of nitriles is 1. The predicted molar refractivity (Wildman–Crippen MR) is 102 cm³/mol. The van der Waals surface area contributed by atoms with Gasteiger partial charge in [-0.05, 0) is 30.7 Å². The van der Waals surface area contributed by atoms with Gasteiger partial charge in [-0.2, -0.15) is 5.26 Å². The summed E-state index contributed by atoms with van der Waals surface area (Å²) in [4.78, 5) is 22.6. The molecule has 0 radical (unpaired) electrons. The first-order chi connectivity index (χ1) is 12.9. The summed E-state index contributed by atoms with van der Waals surface area (Å²) in [5, 5.41) is 25.9. The number of nitro groups is 1. The van der Waals surface area contributed by atoms with E-state index in [4.69, 9.17) is 16.3 Å². The van der Waals surface area contributed by atoms with Crippen molar-refractivity contribution in [1.29, 1.82) is 5.26 Å². The number of methoxy groups -OCH3 is 1. The number of hydrogen-bond donors (Lipinski definition) is 2. The van der Waals surface area contributed by atoms with Crippen LogP contribution in [-0.4, -0.2) is 17.9 Å². The molecule has 0 fully saturated rings. The molecule has 27 heavy (non-hydrogen) atoms. The summed E-state index contributed by atoms with van der Waals surface area (Å²) in [5.41, 5.74) is 1.18. The number of benzene rings is 2. The minimum absolute atomic E-state index is 0.143. The number of nitrogens with zero attached hydrogens (tertiary/aromatic N) is 2. The number of hydrogen-bond acceptors (Lipinski definition) is 6. The number of nitrogens with one attached hydrogen (secondary N) is 2. The van der Waals surface area contributed by atoms with Gasteiger partial charge in [0.1, 0.15) is 17.4 Å². The normalized spacial score (nSPS) is 10.7. The molecule has 0 unspecified atom stereocenters. The third kappa shape index (κ3) is 4.74. The van der Waals surface area contributed by atoms with Crippen molar-refractivity contribution in [2.24, 2.45) is 0 Å². The van der Waals surface area contributed by atoms with E-state index in [0.29, 0.717) is 22.0 Å². The van der Waals surface area contributed by atoms with E-state index in [1.165, 1.54) is 31.5 Å². The van der Waals surface area contributed by atoms with Gasteiger partial charge in [-0.15, -0.1) is 0 Å². The topological polar surface area (TPSA) is 117 Å². The Hall–Kier alpha value is -3.57. The van der Waals surface area contributed by atoms with Crippen molar-refractivity contribution in [2.75, 3.05) is 17.7 Å². The lowest BCUT2D eigenvalue weighted by atomic mass is 10.2. The van der Waals surface area contributed by atoms with Gasteiger partial charge in [-0.1, -0.05) is 17.7 Å². The first-order valence-electron chi connectivity index (χ1n) is 7.63. The molecule has 0 aliphatic heterocycles. The van der Waals surface area contributed by atoms with E-state index in [-0.39, 0.29) is 17.0 Å². The van der Waals surface area contributed by atoms with Crippen molar-refractivity contribution < 1.29 is 14.5 Å². The quantitative estimate of drug-likeness (QED) is 0.335. The molecule has 0 aliphatic rings. The zero-order valence-corrected chi connectivity index (χ0v) is 15.2. The Balaban J connectivity index is 2.21. The highest BCUT2D eigenvalue weighted by Crippen LogP contribution is 2.29. The lowest BCUT2D eigenvalue weighted by Crippen LogP contribution is -2.15. The Morgan fingerprint density at radius 3 is 2.70 bits per heavy atom. The number of non-ortho nitro benzene ring substituents is 1. The van der Waals surface area contributed by atoms with E-state index in [9.17, 15) is 20.2 Å². The summed E-state index contributed by atoms with van der Waals surface area (Å²) in [5.74, 6) is -0.430. The molecule has 0 saturated heterocycles. The standard InChI is InChI=1S/C18H15ClN4O4/c1-11-14(19)4-3-5-15(11)22-18(24)12(9-20)10-21-16-7-6-13(23(25)26)8-17(16)27-2/h3-8,10,21H,1-2H3,(H,22,24)/b12-10-. The minimum Gasteiger partial charge on any atom is -0.494 e. The van der Waals surface area contributed by atoms with E-state index < -0.39 is 10.8 Å². The Morgan fingerprint density at radius 2 is 2.07 bits per heavy atom. The monoisotopic (exact) mass is 386 g/mol. The largest absolute Gasteiger partial charge is 0.494 e. The lowest BCUT2D eigenvalue weighted by Gasteiger charge is -2.10. The van der Waals surface area contributed by atoms with Crippen LogP contribution >= 0.6 is 11.6 Å². The maximum atomic E-state index is 12.3. The van der Waals surface area contributed by atoms with Crippen molar-refractivity contribution in [3.05, 3.63) is 68.9 Å². The van der Waals surface area contributed by atoms with Crippen LogP contribution in [0.4, 0.5) is 17.1 Å². The van der Waals surface area contributed by atoms with Crippen LogP contribution in [0.25, 0.3) is 0 Å². The number of carbonyl (C=O) groups is 1. The van der Waals surface area contributed by atoms with Gasteiger partial charge < -0.3 is 15.4 Å². The Labute approximate surface area is 160 Å². The van der Waals surface area contributed by atoms with Gasteiger partial charge in [0.25, 0.3) is 11.6 Å². The fraction of sp³-hybridized carbons (Fsp3) is 0.111. The van der Waals surface area contributed by atoms with Crippen molar-refractivity contribution in [3.8, 4) is 11.8 Å². The average Bonchev–Trinajstić information content (AvgIpc) is 2.65. The molecular formula is C18H15ClN4O4. The first-order valence-corrected chi connectivity index (χ1v) is 8.01. The third-order valence-corrected chi connectivity index (χ3v) is 4.06. The summed E-state index contributed by atoms with van der Waals surface area (Å²) in [6.07, 6.45) is 1.19. The smallest absolute Gasteiger partial charge is 0.273 e. The summed E-state index contributed by atoms with van der Waals surface area (Å²) >= 11 is 6.02. The van der Waals surface area contributed by atoms with Crippen molar-refractivity contribution in [3.63, 3.8) is 0 Å². The summed E-state index contributed by atoms with van der Waals surface area (Å²) in [7, 11) is 1.35. The average molecular weight is 387 g/mol. The molecule has 8 nitrogen and oxygen atoms in total. The number of anilines is 2. The molecular weight excluding hydrogens is 372 g/mol. The van der Waals surface area contributed by atoms with Gasteiger partial charge in [-0.25, -0.2) is 0 Å². The molecule has 0 aliphatic carbocycles. The van der Waals surface area contributed by atoms with E-state index >= 15 is 0 Å². The Morgan fingerprint density at radius 1 is 1.33 bits per heavy atom. The highest BCUT2D eigenvalue weighted by atomic mass is 35.5. The molecule has 2 aromatic rings. The van der Waals surface area contributed by atoms with Gasteiger partial charge >= 0.3 is 0 Å². The molecule has 0 spiro atoms. The maximum Gasteiger partial charge on any atom is 0.273 e. The molecule has 0 atom stereocenters. The van der Waals surface area contributed by atoms with Crippen molar-refractivity contribution in [2.45, 2.75) is 6.92 Å². The number of carbonyl (C=O) groups excluding carboxylic acids is 1. The van der Waals surface area contributed by atoms with Crippen LogP contribution in [0.3, 0.4) is 0 Å². The van der Waals surface area contributed by atoms with Crippen LogP contribution in [0.15, 0.2) is 48.2 Å². The highest BCUT2D eigenvalue weighted by Gasteiger charge is 2.14. The van der Waals surface area contributed by atoms with Crippen LogP contribution in [0, 0.1) is 28.4 Å². The summed E-state index contributed by atoms with van der Waals surface area (Å²) in [6, 6.07) is 10.8. The molecule has 9 heteroatoms. The van der Waals surface area contributed by atoms with E-state index in [1.54, 1.807) is 31.2 Å². The van der Waals surface area contributed by atoms with Gasteiger partial charge in [-0.3, -0.25) is 14.9 Å². The van der Waals surface area contributed by atoms with Crippen LogP contribution in [-0.2, 0) is 4.79 Å². The Bertz CT molecular complexity index is 966. The number of ether oxygens (including phenoxy) is 1. The molecule has 2 rings (SSSR count). The molecule has 0 aromatic heterocycles. The van der Waals surface area contributed by atoms with Crippen LogP contribution in [0.1, 0.15) is 5.56 Å². The van der Waals surface area contributed by atoms with Gasteiger partial charge in [0.2, 0.25) is 0 Å². The second-order valence-electron chi connectivity index (χ2n) is 5.32. The SMILES string of the molecule is COc1cc([N+](=O)[O-])ccc1N/C=C(/C#N)C(=O)Nc1cccc(Cl)c1C. The second kappa shape index (κ2) is 8.69. The van der Waals surface area contributed by atoms with Gasteiger partial charge in [0, 0.05) is 23.0 Å². The summed E-state index contributed by atoms with van der Waals surface area (Å²) < 4.78 is 5.09. The van der Waals surface area contributed by atoms with Gasteiger partial charge in [0.15, 0.2) is 0 Å². The van der Waals surface area contributed by atoms with E-state index in [0.717, 1.165) is 0 Å². The van der Waals surface area contributed by atoms with E-state index in [2.05, 4.69) is 10.6 Å². The van der Waals surface area contributed by atoms with Crippen LogP contribution in [0.5, 0.6) is 5.75 Å². The minimum atomic E-state index is -0.628. The van der Waals surface area contributed by atoms with Crippen LogP contribution in [0.2, 0.25) is 5.02 Å². The van der Waals surface area contributed by atoms with Gasteiger partial charge in [0.05, 0.1) is 23.8 Å². The number of halogens is 1. The molecule has 2 aromatic carbocycles. The molecule has 0 heterocycles. The van der Waals surface area contributed by atoms with Crippen molar-refractivity contribution in [1.82, 2.24) is 0 Å². The predicted octanol–water partition coefficient (Wildman–Crippen LogP) is 4.02.